The van der Waals surface area contributed by atoms with Gasteiger partial charge in [-0.3, -0.25) is 9.59 Å². The molecule has 15 heavy (non-hydrogen) atoms. The Morgan fingerprint density at radius 3 is 2.53 bits per heavy atom. The highest BCUT2D eigenvalue weighted by Crippen LogP contribution is 2.16. The number of rotatable bonds is 3. The van der Waals surface area contributed by atoms with Crippen molar-refractivity contribution in [3.8, 4) is 0 Å². The Morgan fingerprint density at radius 1 is 1.40 bits per heavy atom. The largest absolute Gasteiger partial charge is 0.478 e. The summed E-state index contributed by atoms with van der Waals surface area (Å²) in [6.45, 7) is 1.28. The lowest BCUT2D eigenvalue weighted by molar-refractivity contribution is -0.114. The van der Waals surface area contributed by atoms with Gasteiger partial charge in [-0.25, -0.2) is 4.79 Å². The predicted octanol–water partition coefficient (Wildman–Crippen LogP) is 1.16. The van der Waals surface area contributed by atoms with Gasteiger partial charge in [0.05, 0.1) is 11.3 Å². The van der Waals surface area contributed by atoms with Crippen LogP contribution in [-0.2, 0) is 4.79 Å². The molecule has 0 heterocycles. The highest BCUT2D eigenvalue weighted by atomic mass is 16.4. The molecule has 5 nitrogen and oxygen atoms in total. The number of aromatic carboxylic acids is 1. The Kier molecular flexibility index (Phi) is 3.17. The fourth-order valence-corrected chi connectivity index (χ4v) is 1.11. The maximum atomic E-state index is 10.8. The monoisotopic (exact) mass is 207 g/mol. The van der Waals surface area contributed by atoms with E-state index in [1.807, 2.05) is 0 Å². The summed E-state index contributed by atoms with van der Waals surface area (Å²) in [5.74, 6) is -1.56. The van der Waals surface area contributed by atoms with Gasteiger partial charge in [-0.2, -0.15) is 0 Å². The Bertz CT molecular complexity index is 425. The average Bonchev–Trinajstić information content (AvgIpc) is 2.17. The van der Waals surface area contributed by atoms with E-state index in [1.165, 1.54) is 25.1 Å². The highest BCUT2D eigenvalue weighted by molar-refractivity contribution is 6.01. The number of hydrogen-bond acceptors (Lipinski definition) is 3. The molecule has 1 aromatic carbocycles. The van der Waals surface area contributed by atoms with Crippen molar-refractivity contribution in [2.45, 2.75) is 6.92 Å². The first-order valence-electron chi connectivity index (χ1n) is 4.14. The van der Waals surface area contributed by atoms with Crippen LogP contribution in [-0.4, -0.2) is 23.3 Å². The van der Waals surface area contributed by atoms with Crippen LogP contribution in [0.1, 0.15) is 27.6 Å². The molecule has 1 aromatic rings. The Labute approximate surface area is 85.7 Å². The van der Waals surface area contributed by atoms with Crippen molar-refractivity contribution >= 4 is 23.9 Å². The number of anilines is 1. The number of carboxylic acid groups (broad SMARTS) is 1. The van der Waals surface area contributed by atoms with Gasteiger partial charge in [0.2, 0.25) is 5.91 Å². The maximum Gasteiger partial charge on any atom is 0.337 e. The van der Waals surface area contributed by atoms with Crippen LogP contribution in [0.2, 0.25) is 0 Å². The molecular weight excluding hydrogens is 198 g/mol. The van der Waals surface area contributed by atoms with Crippen molar-refractivity contribution in [3.05, 3.63) is 29.3 Å². The molecule has 5 heteroatoms. The molecule has 0 bridgehead atoms. The SMILES string of the molecule is CC(=O)Nc1ccc(C=O)cc1C(=O)O. The Balaban J connectivity index is 3.20. The summed E-state index contributed by atoms with van der Waals surface area (Å²) in [5, 5.41) is 11.2. The van der Waals surface area contributed by atoms with Gasteiger partial charge < -0.3 is 10.4 Å². The second-order valence-electron chi connectivity index (χ2n) is 2.91. The summed E-state index contributed by atoms with van der Waals surface area (Å²) in [7, 11) is 0. The van der Waals surface area contributed by atoms with E-state index >= 15 is 0 Å². The zero-order valence-corrected chi connectivity index (χ0v) is 7.98. The van der Waals surface area contributed by atoms with Gasteiger partial charge in [-0.15, -0.1) is 0 Å². The molecule has 0 spiro atoms. The molecule has 0 aliphatic heterocycles. The second-order valence-corrected chi connectivity index (χ2v) is 2.91. The van der Waals surface area contributed by atoms with Crippen molar-refractivity contribution in [1.82, 2.24) is 0 Å². The number of carbonyl (C=O) groups excluding carboxylic acids is 2. The van der Waals surface area contributed by atoms with Crippen LogP contribution in [0.15, 0.2) is 18.2 Å². The van der Waals surface area contributed by atoms with Crippen molar-refractivity contribution < 1.29 is 19.5 Å². The number of carbonyl (C=O) groups is 3. The van der Waals surface area contributed by atoms with Crippen LogP contribution < -0.4 is 5.32 Å². The normalized spacial score (nSPS) is 9.40. The van der Waals surface area contributed by atoms with E-state index in [0.29, 0.717) is 6.29 Å². The Hall–Kier alpha value is -2.17. The predicted molar refractivity (Wildman–Crippen MR) is 53.1 cm³/mol. The summed E-state index contributed by atoms with van der Waals surface area (Å²) in [6, 6.07) is 4.03. The number of nitrogens with one attached hydrogen (secondary N) is 1. The van der Waals surface area contributed by atoms with Gasteiger partial charge in [0.25, 0.3) is 0 Å². The topological polar surface area (TPSA) is 83.5 Å². The zero-order valence-electron chi connectivity index (χ0n) is 7.98. The van der Waals surface area contributed by atoms with Gasteiger partial charge >= 0.3 is 5.97 Å². The number of aldehydes is 1. The average molecular weight is 207 g/mol. The fourth-order valence-electron chi connectivity index (χ4n) is 1.11. The van der Waals surface area contributed by atoms with E-state index in [2.05, 4.69) is 5.32 Å². The van der Waals surface area contributed by atoms with Gasteiger partial charge in [-0.1, -0.05) is 0 Å². The van der Waals surface area contributed by atoms with E-state index in [9.17, 15) is 14.4 Å². The van der Waals surface area contributed by atoms with E-state index < -0.39 is 5.97 Å². The summed E-state index contributed by atoms with van der Waals surface area (Å²) in [4.78, 5) is 32.0. The van der Waals surface area contributed by atoms with E-state index in [-0.39, 0.29) is 22.7 Å². The number of benzene rings is 1. The number of hydrogen-bond donors (Lipinski definition) is 2. The minimum Gasteiger partial charge on any atom is -0.478 e. The molecule has 1 amide bonds. The third kappa shape index (κ3) is 2.63. The van der Waals surface area contributed by atoms with E-state index in [0.717, 1.165) is 0 Å². The van der Waals surface area contributed by atoms with Crippen molar-refractivity contribution in [1.29, 1.82) is 0 Å². The van der Waals surface area contributed by atoms with Crippen LogP contribution >= 0.6 is 0 Å². The molecule has 1 rings (SSSR count). The lowest BCUT2D eigenvalue weighted by Gasteiger charge is -2.06. The highest BCUT2D eigenvalue weighted by Gasteiger charge is 2.11. The minimum absolute atomic E-state index is 0.102. The van der Waals surface area contributed by atoms with Crippen molar-refractivity contribution in [3.63, 3.8) is 0 Å². The van der Waals surface area contributed by atoms with Crippen LogP contribution in [0.5, 0.6) is 0 Å². The zero-order chi connectivity index (χ0) is 11.4. The van der Waals surface area contributed by atoms with Crippen molar-refractivity contribution in [2.24, 2.45) is 0 Å². The maximum absolute atomic E-state index is 10.8. The van der Waals surface area contributed by atoms with Gasteiger partial charge in [0, 0.05) is 12.5 Å². The standard InChI is InChI=1S/C10H9NO4/c1-6(13)11-9-3-2-7(5-12)4-8(9)10(14)15/h2-5H,1H3,(H,11,13)(H,14,15). The molecule has 0 aromatic heterocycles. The van der Waals surface area contributed by atoms with Gasteiger partial charge in [-0.05, 0) is 18.2 Å². The molecule has 0 saturated heterocycles. The smallest absolute Gasteiger partial charge is 0.337 e. The first-order chi connectivity index (χ1) is 7.04. The van der Waals surface area contributed by atoms with Crippen molar-refractivity contribution in [2.75, 3.05) is 5.32 Å². The van der Waals surface area contributed by atoms with Crippen LogP contribution in [0, 0.1) is 0 Å². The molecular formula is C10H9NO4. The summed E-state index contributed by atoms with van der Waals surface area (Å²) >= 11 is 0. The minimum atomic E-state index is -1.19. The quantitative estimate of drug-likeness (QED) is 0.728. The number of amides is 1. The first-order valence-corrected chi connectivity index (χ1v) is 4.14. The summed E-state index contributed by atoms with van der Waals surface area (Å²) < 4.78 is 0. The molecule has 0 aliphatic carbocycles. The lowest BCUT2D eigenvalue weighted by Crippen LogP contribution is -2.11. The summed E-state index contributed by atoms with van der Waals surface area (Å²) in [6.07, 6.45) is 0.546. The van der Waals surface area contributed by atoms with Gasteiger partial charge in [0.1, 0.15) is 6.29 Å². The first kappa shape index (κ1) is 10.9. The van der Waals surface area contributed by atoms with Gasteiger partial charge in [0.15, 0.2) is 0 Å². The fraction of sp³-hybridized carbons (Fsp3) is 0.100. The summed E-state index contributed by atoms with van der Waals surface area (Å²) in [5.41, 5.74) is 0.330. The Morgan fingerprint density at radius 2 is 2.07 bits per heavy atom. The second kappa shape index (κ2) is 4.36. The third-order valence-corrected chi connectivity index (χ3v) is 1.72. The molecule has 0 unspecified atom stereocenters. The molecule has 0 fully saturated rings. The molecule has 0 saturated carbocycles. The van der Waals surface area contributed by atoms with Crippen LogP contribution in [0.4, 0.5) is 5.69 Å². The third-order valence-electron chi connectivity index (χ3n) is 1.72. The molecule has 0 aliphatic rings. The number of carboxylic acids is 1. The van der Waals surface area contributed by atoms with E-state index in [4.69, 9.17) is 5.11 Å². The molecule has 2 N–H and O–H groups in total. The molecule has 0 atom stereocenters. The van der Waals surface area contributed by atoms with Crippen LogP contribution in [0.25, 0.3) is 0 Å². The lowest BCUT2D eigenvalue weighted by atomic mass is 10.1. The molecule has 78 valence electrons. The molecule has 0 radical (unpaired) electrons. The van der Waals surface area contributed by atoms with E-state index in [1.54, 1.807) is 0 Å². The van der Waals surface area contributed by atoms with Crippen LogP contribution in [0.3, 0.4) is 0 Å².